The van der Waals surface area contributed by atoms with Crippen molar-refractivity contribution < 1.29 is 9.18 Å². The van der Waals surface area contributed by atoms with Crippen molar-refractivity contribution >= 4 is 22.4 Å². The minimum Gasteiger partial charge on any atom is -0.298 e. The Morgan fingerprint density at radius 2 is 1.82 bits per heavy atom. The third kappa shape index (κ3) is 3.88. The Balaban J connectivity index is 1.41. The Morgan fingerprint density at radius 1 is 1.03 bits per heavy atom. The van der Waals surface area contributed by atoms with Crippen molar-refractivity contribution in [2.45, 2.75) is 6.54 Å². The van der Waals surface area contributed by atoms with Crippen molar-refractivity contribution in [1.82, 2.24) is 30.0 Å². The van der Waals surface area contributed by atoms with E-state index in [2.05, 4.69) is 20.4 Å². The SMILES string of the molecule is O=C(c1cccc(Cn2c(=O)[nH]c(=O)c3cccc(F)c32)c1)N1C=CC(c2ncccn2)=CN1. The van der Waals surface area contributed by atoms with Gasteiger partial charge < -0.3 is 0 Å². The highest BCUT2D eigenvalue weighted by molar-refractivity contribution is 5.95. The summed E-state index contributed by atoms with van der Waals surface area (Å²) in [6.07, 6.45) is 8.15. The molecule has 0 aliphatic carbocycles. The number of hydrazine groups is 1. The number of hydrogen-bond acceptors (Lipinski definition) is 6. The van der Waals surface area contributed by atoms with Crippen molar-refractivity contribution in [3.63, 3.8) is 0 Å². The Bertz CT molecular complexity index is 1590. The summed E-state index contributed by atoms with van der Waals surface area (Å²) in [5, 5.41) is 1.37. The summed E-state index contributed by atoms with van der Waals surface area (Å²) in [4.78, 5) is 48.1. The van der Waals surface area contributed by atoms with Crippen LogP contribution in [0.15, 0.2) is 89.0 Å². The standard InChI is InChI=1S/C24H17FN6O3/c25-19-7-2-6-18-20(19)30(24(34)29-22(18)32)14-15-4-1-5-16(12-15)23(33)31-11-8-17(13-28-31)21-26-9-3-10-27-21/h1-13,28H,14H2,(H,29,32,34). The molecule has 1 aliphatic rings. The quantitative estimate of drug-likeness (QED) is 0.487. The third-order valence-corrected chi connectivity index (χ3v) is 5.29. The number of benzene rings is 2. The van der Waals surface area contributed by atoms with Crippen LogP contribution in [0, 0.1) is 5.82 Å². The van der Waals surface area contributed by atoms with Gasteiger partial charge in [-0.25, -0.2) is 24.2 Å². The molecule has 2 aromatic heterocycles. The molecule has 34 heavy (non-hydrogen) atoms. The molecule has 168 valence electrons. The number of hydrogen-bond donors (Lipinski definition) is 2. The first-order valence-corrected chi connectivity index (χ1v) is 10.3. The average molecular weight is 456 g/mol. The van der Waals surface area contributed by atoms with Gasteiger partial charge in [-0.1, -0.05) is 18.2 Å². The van der Waals surface area contributed by atoms with Crippen LogP contribution < -0.4 is 16.7 Å². The summed E-state index contributed by atoms with van der Waals surface area (Å²) in [6.45, 7) is -0.0349. The fourth-order valence-electron chi connectivity index (χ4n) is 3.68. The first kappa shape index (κ1) is 21.0. The van der Waals surface area contributed by atoms with E-state index in [0.29, 0.717) is 22.5 Å². The molecule has 10 heteroatoms. The van der Waals surface area contributed by atoms with Crippen LogP contribution in [0.4, 0.5) is 4.39 Å². The van der Waals surface area contributed by atoms with Gasteiger partial charge in [0.05, 0.1) is 17.4 Å². The van der Waals surface area contributed by atoms with Gasteiger partial charge in [-0.15, -0.1) is 0 Å². The minimum atomic E-state index is -0.735. The number of nitrogens with zero attached hydrogens (tertiary/aromatic N) is 4. The molecule has 1 aliphatic heterocycles. The van der Waals surface area contributed by atoms with E-state index in [4.69, 9.17) is 0 Å². The number of aromatic nitrogens is 4. The van der Waals surface area contributed by atoms with E-state index in [9.17, 15) is 18.8 Å². The highest BCUT2D eigenvalue weighted by Crippen LogP contribution is 2.17. The van der Waals surface area contributed by atoms with Crippen LogP contribution in [0.1, 0.15) is 21.7 Å². The van der Waals surface area contributed by atoms with Gasteiger partial charge in [-0.05, 0) is 42.0 Å². The number of fused-ring (bicyclic) bond motifs is 1. The van der Waals surface area contributed by atoms with Gasteiger partial charge in [0.25, 0.3) is 11.5 Å². The lowest BCUT2D eigenvalue weighted by Gasteiger charge is -2.22. The average Bonchev–Trinajstić information content (AvgIpc) is 2.87. The van der Waals surface area contributed by atoms with E-state index in [1.54, 1.807) is 61.2 Å². The van der Waals surface area contributed by atoms with Gasteiger partial charge in [-0.2, -0.15) is 0 Å². The van der Waals surface area contributed by atoms with Crippen molar-refractivity contribution in [1.29, 1.82) is 0 Å². The van der Waals surface area contributed by atoms with Gasteiger partial charge in [-0.3, -0.25) is 24.6 Å². The summed E-state index contributed by atoms with van der Waals surface area (Å²) in [6, 6.07) is 12.4. The normalized spacial score (nSPS) is 13.0. The molecule has 0 bridgehead atoms. The molecule has 1 amide bonds. The topological polar surface area (TPSA) is 113 Å². The lowest BCUT2D eigenvalue weighted by atomic mass is 10.1. The van der Waals surface area contributed by atoms with Crippen molar-refractivity contribution in [3.05, 3.63) is 123 Å². The summed E-state index contributed by atoms with van der Waals surface area (Å²) in [5.74, 6) is -0.501. The molecule has 0 unspecified atom stereocenters. The molecule has 9 nitrogen and oxygen atoms in total. The van der Waals surface area contributed by atoms with Crippen molar-refractivity contribution in [3.8, 4) is 0 Å². The molecule has 4 aromatic rings. The second kappa shape index (κ2) is 8.58. The first-order chi connectivity index (χ1) is 16.5. The van der Waals surface area contributed by atoms with E-state index in [1.165, 1.54) is 23.2 Å². The summed E-state index contributed by atoms with van der Waals surface area (Å²) in [7, 11) is 0. The van der Waals surface area contributed by atoms with Crippen molar-refractivity contribution in [2.75, 3.05) is 0 Å². The van der Waals surface area contributed by atoms with E-state index in [-0.39, 0.29) is 23.4 Å². The number of para-hydroxylation sites is 1. The summed E-state index contributed by atoms with van der Waals surface area (Å²) >= 11 is 0. The maximum absolute atomic E-state index is 14.5. The number of carbonyl (C=O) groups excluding carboxylic acids is 1. The highest BCUT2D eigenvalue weighted by Gasteiger charge is 2.18. The van der Waals surface area contributed by atoms with Crippen LogP contribution >= 0.6 is 0 Å². The molecule has 2 N–H and O–H groups in total. The highest BCUT2D eigenvalue weighted by atomic mass is 19.1. The van der Waals surface area contributed by atoms with E-state index < -0.39 is 17.1 Å². The van der Waals surface area contributed by atoms with Gasteiger partial charge >= 0.3 is 5.69 Å². The van der Waals surface area contributed by atoms with Crippen LogP contribution in [0.25, 0.3) is 16.5 Å². The molecule has 5 rings (SSSR count). The monoisotopic (exact) mass is 456 g/mol. The van der Waals surface area contributed by atoms with Crippen LogP contribution in [0.2, 0.25) is 0 Å². The van der Waals surface area contributed by atoms with Gasteiger partial charge in [0.2, 0.25) is 0 Å². The van der Waals surface area contributed by atoms with Crippen LogP contribution in [-0.2, 0) is 6.54 Å². The Hall–Kier alpha value is -4.86. The summed E-state index contributed by atoms with van der Waals surface area (Å²) in [5.41, 5.74) is 3.06. The van der Waals surface area contributed by atoms with Crippen LogP contribution in [0.3, 0.4) is 0 Å². The molecule has 3 heterocycles. The predicted molar refractivity (Wildman–Crippen MR) is 123 cm³/mol. The molecule has 0 radical (unpaired) electrons. The zero-order valence-corrected chi connectivity index (χ0v) is 17.6. The Labute approximate surface area is 191 Å². The number of allylic oxidation sites excluding steroid dienone is 2. The predicted octanol–water partition coefficient (Wildman–Crippen LogP) is 2.18. The molecule has 0 saturated carbocycles. The number of amides is 1. The number of rotatable bonds is 4. The molecule has 0 atom stereocenters. The molecular weight excluding hydrogens is 439 g/mol. The lowest BCUT2D eigenvalue weighted by molar-refractivity contribution is 0.0780. The smallest absolute Gasteiger partial charge is 0.298 e. The number of H-pyrrole nitrogens is 1. The second-order valence-electron chi connectivity index (χ2n) is 7.47. The number of halogens is 1. The maximum atomic E-state index is 14.5. The van der Waals surface area contributed by atoms with Crippen LogP contribution in [-0.4, -0.2) is 30.4 Å². The fraction of sp³-hybridized carbons (Fsp3) is 0.0417. The number of nitrogens with one attached hydrogen (secondary N) is 2. The maximum Gasteiger partial charge on any atom is 0.329 e. The lowest BCUT2D eigenvalue weighted by Crippen LogP contribution is -2.37. The molecule has 0 spiro atoms. The largest absolute Gasteiger partial charge is 0.329 e. The van der Waals surface area contributed by atoms with Crippen LogP contribution in [0.5, 0.6) is 0 Å². The number of aromatic amines is 1. The molecule has 2 aromatic carbocycles. The van der Waals surface area contributed by atoms with Gasteiger partial charge in [0, 0.05) is 35.9 Å². The molecule has 0 fully saturated rings. The Kier molecular flexibility index (Phi) is 5.30. The zero-order chi connectivity index (χ0) is 23.7. The third-order valence-electron chi connectivity index (χ3n) is 5.29. The first-order valence-electron chi connectivity index (χ1n) is 10.3. The second-order valence-corrected chi connectivity index (χ2v) is 7.47. The van der Waals surface area contributed by atoms with E-state index in [1.807, 2.05) is 0 Å². The summed E-state index contributed by atoms with van der Waals surface area (Å²) < 4.78 is 15.7. The van der Waals surface area contributed by atoms with E-state index >= 15 is 0 Å². The molecular formula is C24H17FN6O3. The van der Waals surface area contributed by atoms with E-state index in [0.717, 1.165) is 4.57 Å². The Morgan fingerprint density at radius 3 is 2.59 bits per heavy atom. The van der Waals surface area contributed by atoms with Crippen molar-refractivity contribution in [2.24, 2.45) is 0 Å². The number of carbonyl (C=O) groups is 1. The molecule has 0 saturated heterocycles. The van der Waals surface area contributed by atoms with Gasteiger partial charge in [0.1, 0.15) is 5.82 Å². The fourth-order valence-corrected chi connectivity index (χ4v) is 3.68. The zero-order valence-electron chi connectivity index (χ0n) is 17.6. The van der Waals surface area contributed by atoms with Gasteiger partial charge in [0.15, 0.2) is 5.82 Å². The minimum absolute atomic E-state index is 0.0349.